The van der Waals surface area contributed by atoms with Gasteiger partial charge >= 0.3 is 0 Å². The Morgan fingerprint density at radius 2 is 1.71 bits per heavy atom. The fourth-order valence-electron chi connectivity index (χ4n) is 2.42. The molecule has 6 heteroatoms. The van der Waals surface area contributed by atoms with Gasteiger partial charge in [0.15, 0.2) is 11.5 Å². The van der Waals surface area contributed by atoms with E-state index >= 15 is 0 Å². The van der Waals surface area contributed by atoms with Gasteiger partial charge in [-0.25, -0.2) is 0 Å². The minimum absolute atomic E-state index is 0.0220. The van der Waals surface area contributed by atoms with Gasteiger partial charge < -0.3 is 19.5 Å². The standard InChI is InChI=1S/C15H21N3O3/c1-16-14(11-6-7-17-18(11)2)10-8-12(19-3)15(21-5)13(9-10)20-4/h6-9,14,16H,1-5H3. The second-order valence-electron chi connectivity index (χ2n) is 4.56. The van der Waals surface area contributed by atoms with Crippen LogP contribution in [0.4, 0.5) is 0 Å². The zero-order valence-electron chi connectivity index (χ0n) is 13.0. The van der Waals surface area contributed by atoms with Crippen LogP contribution in [0.1, 0.15) is 17.3 Å². The molecule has 2 rings (SSSR count). The molecule has 1 atom stereocenters. The normalized spacial score (nSPS) is 12.0. The quantitative estimate of drug-likeness (QED) is 0.879. The smallest absolute Gasteiger partial charge is 0.203 e. The highest BCUT2D eigenvalue weighted by Gasteiger charge is 2.20. The Bertz CT molecular complexity index is 585. The molecule has 0 saturated heterocycles. The van der Waals surface area contributed by atoms with Crippen LogP contribution < -0.4 is 19.5 Å². The highest BCUT2D eigenvalue weighted by atomic mass is 16.5. The van der Waals surface area contributed by atoms with E-state index in [-0.39, 0.29) is 6.04 Å². The van der Waals surface area contributed by atoms with Crippen LogP contribution in [-0.2, 0) is 7.05 Å². The summed E-state index contributed by atoms with van der Waals surface area (Å²) in [6.07, 6.45) is 1.78. The zero-order chi connectivity index (χ0) is 15.4. The molecule has 114 valence electrons. The second-order valence-corrected chi connectivity index (χ2v) is 4.56. The molecule has 0 aliphatic carbocycles. The van der Waals surface area contributed by atoms with Gasteiger partial charge in [-0.3, -0.25) is 4.68 Å². The SMILES string of the molecule is CNC(c1cc(OC)c(OC)c(OC)c1)c1ccnn1C. The largest absolute Gasteiger partial charge is 0.493 e. The maximum absolute atomic E-state index is 5.41. The summed E-state index contributed by atoms with van der Waals surface area (Å²) in [5.41, 5.74) is 2.06. The number of methoxy groups -OCH3 is 3. The van der Waals surface area contributed by atoms with Gasteiger partial charge in [0.25, 0.3) is 0 Å². The van der Waals surface area contributed by atoms with E-state index in [4.69, 9.17) is 14.2 Å². The summed E-state index contributed by atoms with van der Waals surface area (Å²) < 4.78 is 18.0. The summed E-state index contributed by atoms with van der Waals surface area (Å²) in [7, 11) is 8.63. The summed E-state index contributed by atoms with van der Waals surface area (Å²) in [5, 5.41) is 7.51. The van der Waals surface area contributed by atoms with E-state index < -0.39 is 0 Å². The molecule has 6 nitrogen and oxygen atoms in total. The number of hydrogen-bond donors (Lipinski definition) is 1. The number of rotatable bonds is 6. The highest BCUT2D eigenvalue weighted by molar-refractivity contribution is 5.55. The molecule has 1 aromatic heterocycles. The summed E-state index contributed by atoms with van der Waals surface area (Å²) in [5.74, 6) is 1.85. The van der Waals surface area contributed by atoms with Crippen molar-refractivity contribution in [3.8, 4) is 17.2 Å². The van der Waals surface area contributed by atoms with Gasteiger partial charge in [-0.2, -0.15) is 5.10 Å². The Morgan fingerprint density at radius 1 is 1.10 bits per heavy atom. The lowest BCUT2D eigenvalue weighted by molar-refractivity contribution is 0.323. The molecule has 0 fully saturated rings. The first-order chi connectivity index (χ1) is 10.2. The first kappa shape index (κ1) is 15.2. The molecule has 1 unspecified atom stereocenters. The van der Waals surface area contributed by atoms with Crippen molar-refractivity contribution in [3.05, 3.63) is 35.7 Å². The number of hydrogen-bond acceptors (Lipinski definition) is 5. The lowest BCUT2D eigenvalue weighted by Gasteiger charge is -2.20. The van der Waals surface area contributed by atoms with E-state index in [9.17, 15) is 0 Å². The van der Waals surface area contributed by atoms with Crippen LogP contribution in [0.3, 0.4) is 0 Å². The fraction of sp³-hybridized carbons (Fsp3) is 0.400. The highest BCUT2D eigenvalue weighted by Crippen LogP contribution is 2.40. The molecule has 21 heavy (non-hydrogen) atoms. The van der Waals surface area contributed by atoms with Gasteiger partial charge in [-0.15, -0.1) is 0 Å². The average molecular weight is 291 g/mol. The lowest BCUT2D eigenvalue weighted by atomic mass is 10.0. The van der Waals surface area contributed by atoms with E-state index in [1.54, 1.807) is 27.5 Å². The third kappa shape index (κ3) is 2.80. The van der Waals surface area contributed by atoms with Crippen LogP contribution in [0.25, 0.3) is 0 Å². The number of nitrogens with one attached hydrogen (secondary N) is 1. The maximum Gasteiger partial charge on any atom is 0.203 e. The predicted octanol–water partition coefficient (Wildman–Crippen LogP) is 1.75. The van der Waals surface area contributed by atoms with Gasteiger partial charge in [0.05, 0.1) is 33.1 Å². The third-order valence-electron chi connectivity index (χ3n) is 3.46. The summed E-state index contributed by atoms with van der Waals surface area (Å²) >= 11 is 0. The van der Waals surface area contributed by atoms with E-state index in [0.29, 0.717) is 17.2 Å². The molecule has 0 aliphatic heterocycles. The first-order valence-electron chi connectivity index (χ1n) is 6.61. The molecule has 0 radical (unpaired) electrons. The van der Waals surface area contributed by atoms with Crippen molar-refractivity contribution in [2.45, 2.75) is 6.04 Å². The molecular weight excluding hydrogens is 270 g/mol. The van der Waals surface area contributed by atoms with Gasteiger partial charge in [0.2, 0.25) is 5.75 Å². The number of aryl methyl sites for hydroxylation is 1. The molecule has 0 amide bonds. The maximum atomic E-state index is 5.41. The van der Waals surface area contributed by atoms with Gasteiger partial charge in [0.1, 0.15) is 0 Å². The molecule has 1 aromatic carbocycles. The first-order valence-corrected chi connectivity index (χ1v) is 6.61. The van der Waals surface area contributed by atoms with Crippen LogP contribution in [-0.4, -0.2) is 38.2 Å². The molecule has 2 aromatic rings. The lowest BCUT2D eigenvalue weighted by Crippen LogP contribution is -2.20. The molecule has 0 aliphatic rings. The Morgan fingerprint density at radius 3 is 2.10 bits per heavy atom. The van der Waals surface area contributed by atoms with Crippen molar-refractivity contribution in [1.29, 1.82) is 0 Å². The number of aromatic nitrogens is 2. The van der Waals surface area contributed by atoms with Crippen molar-refractivity contribution in [3.63, 3.8) is 0 Å². The van der Waals surface area contributed by atoms with Crippen molar-refractivity contribution in [2.75, 3.05) is 28.4 Å². The second kappa shape index (κ2) is 6.49. The number of ether oxygens (including phenoxy) is 3. The van der Waals surface area contributed by atoms with Crippen molar-refractivity contribution >= 4 is 0 Å². The van der Waals surface area contributed by atoms with Crippen molar-refractivity contribution in [1.82, 2.24) is 15.1 Å². The van der Waals surface area contributed by atoms with Crippen LogP contribution in [0, 0.1) is 0 Å². The molecule has 1 heterocycles. The molecular formula is C15H21N3O3. The van der Waals surface area contributed by atoms with E-state index in [1.807, 2.05) is 37.0 Å². The molecule has 1 N–H and O–H groups in total. The van der Waals surface area contributed by atoms with Crippen LogP contribution in [0.2, 0.25) is 0 Å². The minimum Gasteiger partial charge on any atom is -0.493 e. The van der Waals surface area contributed by atoms with Crippen molar-refractivity contribution in [2.24, 2.45) is 7.05 Å². The van der Waals surface area contributed by atoms with Crippen molar-refractivity contribution < 1.29 is 14.2 Å². The Balaban J connectivity index is 2.54. The van der Waals surface area contributed by atoms with Gasteiger partial charge in [-0.05, 0) is 30.8 Å². The topological polar surface area (TPSA) is 57.5 Å². The van der Waals surface area contributed by atoms with E-state index in [1.165, 1.54) is 0 Å². The van der Waals surface area contributed by atoms with E-state index in [0.717, 1.165) is 11.3 Å². The van der Waals surface area contributed by atoms with Crippen LogP contribution in [0.5, 0.6) is 17.2 Å². The Labute approximate surface area is 124 Å². The fourth-order valence-corrected chi connectivity index (χ4v) is 2.42. The van der Waals surface area contributed by atoms with Gasteiger partial charge in [0, 0.05) is 13.2 Å². The van der Waals surface area contributed by atoms with Crippen LogP contribution in [0.15, 0.2) is 24.4 Å². The third-order valence-corrected chi connectivity index (χ3v) is 3.46. The summed E-state index contributed by atoms with van der Waals surface area (Å²) in [4.78, 5) is 0. The number of nitrogens with zero attached hydrogens (tertiary/aromatic N) is 2. The Hall–Kier alpha value is -2.21. The van der Waals surface area contributed by atoms with Crippen LogP contribution >= 0.6 is 0 Å². The predicted molar refractivity (Wildman–Crippen MR) is 80.2 cm³/mol. The molecule has 0 bridgehead atoms. The summed E-state index contributed by atoms with van der Waals surface area (Å²) in [6.45, 7) is 0. The number of benzene rings is 1. The molecule has 0 spiro atoms. The Kier molecular flexibility index (Phi) is 4.70. The average Bonchev–Trinajstić information content (AvgIpc) is 2.93. The van der Waals surface area contributed by atoms with E-state index in [2.05, 4.69) is 10.4 Å². The summed E-state index contributed by atoms with van der Waals surface area (Å²) in [6, 6.07) is 5.83. The van der Waals surface area contributed by atoms with Gasteiger partial charge in [-0.1, -0.05) is 0 Å². The monoisotopic (exact) mass is 291 g/mol. The molecule has 0 saturated carbocycles. The minimum atomic E-state index is -0.0220. The zero-order valence-corrected chi connectivity index (χ0v) is 13.0.